The number of hydrogen-bond acceptors (Lipinski definition) is 6. The van der Waals surface area contributed by atoms with Gasteiger partial charge in [0.25, 0.3) is 0 Å². The Balaban J connectivity index is 1.27. The first-order chi connectivity index (χ1) is 28.5. The van der Waals surface area contributed by atoms with Gasteiger partial charge in [0.15, 0.2) is 5.79 Å². The minimum absolute atomic E-state index is 0.0651. The number of ether oxygens (including phenoxy) is 2. The van der Waals surface area contributed by atoms with Crippen molar-refractivity contribution in [2.75, 3.05) is 20.3 Å². The molecule has 0 radical (unpaired) electrons. The molecule has 1 heterocycles. The Bertz CT molecular complexity index is 1890. The fourth-order valence-electron chi connectivity index (χ4n) is 19.2. The van der Waals surface area contributed by atoms with Crippen molar-refractivity contribution in [3.63, 3.8) is 0 Å². The molecular formula is C53H78O7. The molecule has 7 nitrogen and oxygen atoms in total. The van der Waals surface area contributed by atoms with E-state index in [0.29, 0.717) is 24.9 Å². The van der Waals surface area contributed by atoms with Gasteiger partial charge in [-0.05, 0) is 160 Å². The highest BCUT2D eigenvalue weighted by atomic mass is 16.6. The molecule has 16 atom stereocenters. The van der Waals surface area contributed by atoms with Crippen LogP contribution in [0.25, 0.3) is 0 Å². The smallest absolute Gasteiger partial charge is 0.309 e. The molecule has 9 rings (SSSR count). The van der Waals surface area contributed by atoms with Crippen LogP contribution in [0, 0.1) is 84.8 Å². The number of aliphatic hydroxyl groups excluding tert-OH is 2. The summed E-state index contributed by atoms with van der Waals surface area (Å²) in [5.41, 5.74) is -1.50. The summed E-state index contributed by atoms with van der Waals surface area (Å²) in [4.78, 5) is 13.5. The molecule has 0 aromatic heterocycles. The van der Waals surface area contributed by atoms with Crippen molar-refractivity contribution in [2.45, 2.75) is 182 Å². The van der Waals surface area contributed by atoms with E-state index < -0.39 is 44.9 Å². The van der Waals surface area contributed by atoms with E-state index in [1.54, 1.807) is 7.11 Å². The number of carboxylic acid groups (broad SMARTS) is 1. The van der Waals surface area contributed by atoms with E-state index >= 15 is 0 Å². The van der Waals surface area contributed by atoms with Gasteiger partial charge in [-0.3, -0.25) is 4.79 Å². The van der Waals surface area contributed by atoms with E-state index in [1.165, 1.54) is 5.56 Å². The number of carboxylic acids is 1. The average Bonchev–Trinajstić information content (AvgIpc) is 3.40. The summed E-state index contributed by atoms with van der Waals surface area (Å²) in [6.45, 7) is 14.7. The van der Waals surface area contributed by atoms with Crippen LogP contribution >= 0.6 is 0 Å². The lowest BCUT2D eigenvalue weighted by Gasteiger charge is -2.84. The Morgan fingerprint density at radius 3 is 2.27 bits per heavy atom. The van der Waals surface area contributed by atoms with Gasteiger partial charge in [0, 0.05) is 42.1 Å². The second kappa shape index (κ2) is 14.5. The number of aliphatic hydroxyl groups is 3. The van der Waals surface area contributed by atoms with Crippen molar-refractivity contribution in [1.29, 1.82) is 0 Å². The standard InChI is InChI=1S/C53H78O7/c1-8-11-35-13-10-22-49-28-29-51-40(12-9-2)53(58,60-42(51)31-37-16-14-36(15-17-37)21-30-59-7)33-41(55)52(51,34-54)48(49,6)32-38-18-19-39-43-45(3,24-26-46(39,4)44(56)57)25-27-47(49,5)50(38,43)23-20-35/h14-17,35,38-43,54-55,58H,8-9,11-13,18-21,23-34H2,1-7H3,(H,56,57)/t35-,38-,39+,40+,41-,42-,43+,45+,46+,47+,48+,49+,50-,51+,52-,53-/m0/s1. The van der Waals surface area contributed by atoms with Gasteiger partial charge in [-0.15, -0.1) is 5.92 Å². The average molecular weight is 827 g/mol. The monoisotopic (exact) mass is 827 g/mol. The van der Waals surface area contributed by atoms with Gasteiger partial charge in [0.1, 0.15) is 0 Å². The third kappa shape index (κ3) is 5.13. The summed E-state index contributed by atoms with van der Waals surface area (Å²) in [7, 11) is 1.73. The normalized spacial score (nSPS) is 51.1. The summed E-state index contributed by atoms with van der Waals surface area (Å²) < 4.78 is 12.5. The highest BCUT2D eigenvalue weighted by molar-refractivity contribution is 5.75. The number of methoxy groups -OCH3 is 1. The zero-order chi connectivity index (χ0) is 42.8. The molecule has 7 aliphatic carbocycles. The second-order valence-corrected chi connectivity index (χ2v) is 23.2. The van der Waals surface area contributed by atoms with Crippen LogP contribution in [-0.4, -0.2) is 64.7 Å². The molecule has 1 aliphatic heterocycles. The molecule has 332 valence electrons. The Kier molecular flexibility index (Phi) is 10.5. The molecule has 60 heavy (non-hydrogen) atoms. The van der Waals surface area contributed by atoms with Gasteiger partial charge in [-0.25, -0.2) is 0 Å². The second-order valence-electron chi connectivity index (χ2n) is 23.2. The zero-order valence-corrected chi connectivity index (χ0v) is 38.2. The van der Waals surface area contributed by atoms with Crippen LogP contribution in [-0.2, 0) is 27.1 Å². The number of fused-ring (bicyclic) bond motifs is 2. The van der Waals surface area contributed by atoms with E-state index in [0.717, 1.165) is 115 Å². The van der Waals surface area contributed by atoms with Crippen molar-refractivity contribution in [2.24, 2.45) is 72.9 Å². The maximum absolute atomic E-state index is 13.5. The Hall–Kier alpha value is -1.95. The SMILES string of the molecule is CCC[C@H]1CC#C[C@]23CC[C@@]45[C@H](Cc6ccc(CCOC)cc6)O[C@@](O)(C[C@H](O)[C@@]4(CO)[C@]2(C)C[C@@H]2CC[C@@H]4[C@@H]6[C@@](C)(CC[C@@]3(C)[C@@]26CC1)CC[C@@]4(C)C(=O)O)[C@@H]5CCC. The third-order valence-corrected chi connectivity index (χ3v) is 21.6. The lowest BCUT2D eigenvalue weighted by molar-refractivity contribution is -0.380. The molecule has 8 aliphatic rings. The fraction of sp³-hybridized carbons (Fsp3) is 0.830. The summed E-state index contributed by atoms with van der Waals surface area (Å²) in [6.07, 6.45) is 15.4. The number of aliphatic carboxylic acids is 1. The maximum Gasteiger partial charge on any atom is 0.309 e. The van der Waals surface area contributed by atoms with Gasteiger partial charge in [-0.1, -0.05) is 77.6 Å². The van der Waals surface area contributed by atoms with Crippen LogP contribution in [0.1, 0.15) is 162 Å². The van der Waals surface area contributed by atoms with Crippen LogP contribution < -0.4 is 0 Å². The lowest BCUT2D eigenvalue weighted by Crippen LogP contribution is -2.82. The summed E-state index contributed by atoms with van der Waals surface area (Å²) >= 11 is 0. The molecule has 0 amide bonds. The Labute approximate surface area is 361 Å². The molecule has 1 aromatic carbocycles. The lowest BCUT2D eigenvalue weighted by atomic mass is 9.19. The molecular weight excluding hydrogens is 749 g/mol. The van der Waals surface area contributed by atoms with Crippen molar-refractivity contribution >= 4 is 5.97 Å². The minimum atomic E-state index is -1.48. The van der Waals surface area contributed by atoms with E-state index in [1.807, 2.05) is 0 Å². The predicted octanol–water partition coefficient (Wildman–Crippen LogP) is 9.77. The van der Waals surface area contributed by atoms with Gasteiger partial charge in [0.2, 0.25) is 0 Å². The van der Waals surface area contributed by atoms with Crippen LogP contribution in [0.4, 0.5) is 0 Å². The zero-order valence-electron chi connectivity index (χ0n) is 38.2. The van der Waals surface area contributed by atoms with Crippen molar-refractivity contribution in [1.82, 2.24) is 0 Å². The highest BCUT2D eigenvalue weighted by Crippen LogP contribution is 2.90. The van der Waals surface area contributed by atoms with E-state index in [9.17, 15) is 25.2 Å². The summed E-state index contributed by atoms with van der Waals surface area (Å²) in [5.74, 6) is 7.14. The number of rotatable bonds is 11. The first-order valence-electron chi connectivity index (χ1n) is 24.5. The van der Waals surface area contributed by atoms with Gasteiger partial charge < -0.3 is 29.9 Å². The quantitative estimate of drug-likeness (QED) is 0.164. The van der Waals surface area contributed by atoms with Gasteiger partial charge >= 0.3 is 5.97 Å². The fourth-order valence-corrected chi connectivity index (χ4v) is 19.2. The van der Waals surface area contributed by atoms with Crippen LogP contribution in [0.5, 0.6) is 0 Å². The van der Waals surface area contributed by atoms with Crippen molar-refractivity contribution in [3.8, 4) is 11.8 Å². The Morgan fingerprint density at radius 2 is 1.58 bits per heavy atom. The largest absolute Gasteiger partial charge is 0.481 e. The van der Waals surface area contributed by atoms with E-state index in [-0.39, 0.29) is 53.1 Å². The Morgan fingerprint density at radius 1 is 0.867 bits per heavy atom. The van der Waals surface area contributed by atoms with Crippen molar-refractivity contribution < 1.29 is 34.7 Å². The van der Waals surface area contributed by atoms with Crippen LogP contribution in [0.3, 0.4) is 0 Å². The maximum atomic E-state index is 13.5. The molecule has 4 bridgehead atoms. The van der Waals surface area contributed by atoms with E-state index in [2.05, 4.69) is 77.6 Å². The van der Waals surface area contributed by atoms with Crippen molar-refractivity contribution in [3.05, 3.63) is 35.4 Å². The molecule has 4 N–H and O–H groups in total. The number of benzene rings is 1. The van der Waals surface area contributed by atoms with Crippen LogP contribution in [0.2, 0.25) is 0 Å². The minimum Gasteiger partial charge on any atom is -0.481 e. The van der Waals surface area contributed by atoms with Gasteiger partial charge in [0.05, 0.1) is 30.8 Å². The van der Waals surface area contributed by atoms with Gasteiger partial charge in [-0.2, -0.15) is 0 Å². The topological polar surface area (TPSA) is 116 Å². The highest BCUT2D eigenvalue weighted by Gasteiger charge is 2.89. The molecule has 6 saturated carbocycles. The third-order valence-electron chi connectivity index (χ3n) is 21.6. The predicted molar refractivity (Wildman–Crippen MR) is 234 cm³/mol. The molecule has 3 spiro atoms. The summed E-state index contributed by atoms with van der Waals surface area (Å²) in [6, 6.07) is 8.78. The molecule has 7 heteroatoms. The molecule has 1 aromatic rings. The summed E-state index contributed by atoms with van der Waals surface area (Å²) in [5, 5.41) is 49.9. The first-order valence-corrected chi connectivity index (χ1v) is 24.5. The molecule has 1 saturated heterocycles. The van der Waals surface area contributed by atoms with E-state index in [4.69, 9.17) is 9.47 Å². The number of hydrogen-bond donors (Lipinski definition) is 4. The molecule has 0 unspecified atom stereocenters. The first kappa shape index (κ1) is 43.3. The molecule has 7 fully saturated rings. The van der Waals surface area contributed by atoms with Crippen LogP contribution in [0.15, 0.2) is 24.3 Å². The number of carbonyl (C=O) groups is 1.